The SMILES string of the molecule is CC(C)C1CCC(c2nc(C(=O)O)cs2)CC1. The number of carboxylic acids is 1. The number of rotatable bonds is 3. The van der Waals surface area contributed by atoms with Gasteiger partial charge in [-0.2, -0.15) is 0 Å². The molecule has 0 radical (unpaired) electrons. The summed E-state index contributed by atoms with van der Waals surface area (Å²) in [5.41, 5.74) is 0.205. The first-order chi connectivity index (χ1) is 8.08. The van der Waals surface area contributed by atoms with E-state index in [2.05, 4.69) is 18.8 Å². The van der Waals surface area contributed by atoms with Gasteiger partial charge in [0.2, 0.25) is 0 Å². The Morgan fingerprint density at radius 2 is 2.06 bits per heavy atom. The number of nitrogens with zero attached hydrogens (tertiary/aromatic N) is 1. The lowest BCUT2D eigenvalue weighted by Crippen LogP contribution is -2.17. The second-order valence-corrected chi connectivity index (χ2v) is 6.12. The molecular weight excluding hydrogens is 234 g/mol. The van der Waals surface area contributed by atoms with Gasteiger partial charge in [0.25, 0.3) is 0 Å². The summed E-state index contributed by atoms with van der Waals surface area (Å²) in [5, 5.41) is 11.5. The molecule has 0 atom stereocenters. The summed E-state index contributed by atoms with van der Waals surface area (Å²) in [6.07, 6.45) is 4.83. The van der Waals surface area contributed by atoms with E-state index in [0.717, 1.165) is 29.7 Å². The first kappa shape index (κ1) is 12.6. The maximum absolute atomic E-state index is 10.8. The van der Waals surface area contributed by atoms with Gasteiger partial charge in [-0.1, -0.05) is 13.8 Å². The first-order valence-corrected chi connectivity index (χ1v) is 7.14. The van der Waals surface area contributed by atoms with Crippen LogP contribution in [0.25, 0.3) is 0 Å². The summed E-state index contributed by atoms with van der Waals surface area (Å²) in [4.78, 5) is 15.0. The summed E-state index contributed by atoms with van der Waals surface area (Å²) in [7, 11) is 0. The highest BCUT2D eigenvalue weighted by Crippen LogP contribution is 2.39. The van der Waals surface area contributed by atoms with Gasteiger partial charge in [0.05, 0.1) is 5.01 Å². The molecule has 1 fully saturated rings. The van der Waals surface area contributed by atoms with Crippen LogP contribution in [0.1, 0.15) is 60.9 Å². The zero-order valence-electron chi connectivity index (χ0n) is 10.3. The molecule has 0 unspecified atom stereocenters. The van der Waals surface area contributed by atoms with Gasteiger partial charge in [0.1, 0.15) is 0 Å². The van der Waals surface area contributed by atoms with Crippen LogP contribution in [-0.2, 0) is 0 Å². The maximum atomic E-state index is 10.8. The predicted octanol–water partition coefficient (Wildman–Crippen LogP) is 3.77. The minimum Gasteiger partial charge on any atom is -0.476 e. The van der Waals surface area contributed by atoms with E-state index in [9.17, 15) is 4.79 Å². The van der Waals surface area contributed by atoms with Crippen LogP contribution in [0, 0.1) is 11.8 Å². The van der Waals surface area contributed by atoms with E-state index < -0.39 is 5.97 Å². The Morgan fingerprint density at radius 3 is 2.53 bits per heavy atom. The lowest BCUT2D eigenvalue weighted by atomic mass is 9.77. The molecule has 4 heteroatoms. The molecule has 2 rings (SSSR count). The second kappa shape index (κ2) is 5.17. The highest BCUT2D eigenvalue weighted by Gasteiger charge is 2.26. The van der Waals surface area contributed by atoms with Gasteiger partial charge in [0.15, 0.2) is 5.69 Å². The normalized spacial score (nSPS) is 25.1. The fourth-order valence-electron chi connectivity index (χ4n) is 2.61. The van der Waals surface area contributed by atoms with Crippen molar-refractivity contribution < 1.29 is 9.90 Å². The van der Waals surface area contributed by atoms with Gasteiger partial charge >= 0.3 is 5.97 Å². The number of aromatic nitrogens is 1. The van der Waals surface area contributed by atoms with Crippen LogP contribution >= 0.6 is 11.3 Å². The topological polar surface area (TPSA) is 50.2 Å². The molecule has 17 heavy (non-hydrogen) atoms. The Hall–Kier alpha value is -0.900. The number of carboxylic acid groups (broad SMARTS) is 1. The van der Waals surface area contributed by atoms with E-state index in [0.29, 0.717) is 5.92 Å². The second-order valence-electron chi connectivity index (χ2n) is 5.23. The van der Waals surface area contributed by atoms with E-state index in [1.54, 1.807) is 5.38 Å². The van der Waals surface area contributed by atoms with Crippen molar-refractivity contribution in [3.05, 3.63) is 16.1 Å². The van der Waals surface area contributed by atoms with Crippen LogP contribution < -0.4 is 0 Å². The predicted molar refractivity (Wildman–Crippen MR) is 68.6 cm³/mol. The fraction of sp³-hybridized carbons (Fsp3) is 0.692. The molecule has 1 saturated carbocycles. The van der Waals surface area contributed by atoms with E-state index >= 15 is 0 Å². The van der Waals surface area contributed by atoms with Gasteiger partial charge in [-0.25, -0.2) is 9.78 Å². The number of carbonyl (C=O) groups is 1. The molecule has 0 bridgehead atoms. The van der Waals surface area contributed by atoms with Crippen LogP contribution in [0.2, 0.25) is 0 Å². The van der Waals surface area contributed by atoms with Gasteiger partial charge in [-0.15, -0.1) is 11.3 Å². The molecule has 0 saturated heterocycles. The summed E-state index contributed by atoms with van der Waals surface area (Å²) >= 11 is 1.50. The molecule has 3 nitrogen and oxygen atoms in total. The van der Waals surface area contributed by atoms with Crippen molar-refractivity contribution in [1.82, 2.24) is 4.98 Å². The average Bonchev–Trinajstić information content (AvgIpc) is 2.78. The fourth-order valence-corrected chi connectivity index (χ4v) is 3.57. The molecule has 1 aromatic rings. The standard InChI is InChI=1S/C13H19NO2S/c1-8(2)9-3-5-10(6-4-9)12-14-11(7-17-12)13(15)16/h7-10H,3-6H2,1-2H3,(H,15,16). The third-order valence-electron chi connectivity index (χ3n) is 3.80. The number of thiazole rings is 1. The van der Waals surface area contributed by atoms with Crippen molar-refractivity contribution in [2.45, 2.75) is 45.4 Å². The first-order valence-electron chi connectivity index (χ1n) is 6.26. The van der Waals surface area contributed by atoms with E-state index in [1.165, 1.54) is 24.2 Å². The molecule has 1 aromatic heterocycles. The number of hydrogen-bond donors (Lipinski definition) is 1. The third kappa shape index (κ3) is 2.86. The molecule has 1 aliphatic carbocycles. The molecule has 94 valence electrons. The monoisotopic (exact) mass is 253 g/mol. The van der Waals surface area contributed by atoms with Crippen molar-refractivity contribution in [3.63, 3.8) is 0 Å². The zero-order chi connectivity index (χ0) is 12.4. The highest BCUT2D eigenvalue weighted by atomic mass is 32.1. The Balaban J connectivity index is 1.98. The van der Waals surface area contributed by atoms with Crippen LogP contribution in [0.5, 0.6) is 0 Å². The van der Waals surface area contributed by atoms with Gasteiger partial charge < -0.3 is 5.11 Å². The Labute approximate surface area is 106 Å². The van der Waals surface area contributed by atoms with Gasteiger partial charge in [0, 0.05) is 11.3 Å². The molecular formula is C13H19NO2S. The lowest BCUT2D eigenvalue weighted by molar-refractivity contribution is 0.0691. The van der Waals surface area contributed by atoms with Gasteiger partial charge in [-0.05, 0) is 37.5 Å². The Morgan fingerprint density at radius 1 is 1.41 bits per heavy atom. The minimum atomic E-state index is -0.914. The number of hydrogen-bond acceptors (Lipinski definition) is 3. The molecule has 0 spiro atoms. The molecule has 0 amide bonds. The molecule has 1 aliphatic rings. The van der Waals surface area contributed by atoms with Crippen molar-refractivity contribution in [2.24, 2.45) is 11.8 Å². The van der Waals surface area contributed by atoms with Crippen molar-refractivity contribution in [2.75, 3.05) is 0 Å². The van der Waals surface area contributed by atoms with Crippen molar-refractivity contribution >= 4 is 17.3 Å². The zero-order valence-corrected chi connectivity index (χ0v) is 11.2. The average molecular weight is 253 g/mol. The van der Waals surface area contributed by atoms with E-state index in [4.69, 9.17) is 5.11 Å². The summed E-state index contributed by atoms with van der Waals surface area (Å²) < 4.78 is 0. The van der Waals surface area contributed by atoms with Crippen LogP contribution in [0.15, 0.2) is 5.38 Å². The Bertz CT molecular complexity index is 392. The highest BCUT2D eigenvalue weighted by molar-refractivity contribution is 7.09. The van der Waals surface area contributed by atoms with Crippen molar-refractivity contribution in [3.8, 4) is 0 Å². The van der Waals surface area contributed by atoms with E-state index in [1.807, 2.05) is 0 Å². The minimum absolute atomic E-state index is 0.205. The molecule has 1 N–H and O–H groups in total. The summed E-state index contributed by atoms with van der Waals surface area (Å²) in [5.74, 6) is 1.18. The molecule has 1 heterocycles. The summed E-state index contributed by atoms with van der Waals surface area (Å²) in [6.45, 7) is 4.58. The number of aromatic carboxylic acids is 1. The largest absolute Gasteiger partial charge is 0.476 e. The van der Waals surface area contributed by atoms with Crippen LogP contribution in [0.4, 0.5) is 0 Å². The Kier molecular flexibility index (Phi) is 3.82. The third-order valence-corrected chi connectivity index (χ3v) is 4.81. The van der Waals surface area contributed by atoms with Gasteiger partial charge in [-0.3, -0.25) is 0 Å². The molecule has 0 aliphatic heterocycles. The maximum Gasteiger partial charge on any atom is 0.355 e. The lowest BCUT2D eigenvalue weighted by Gasteiger charge is -2.29. The molecule has 0 aromatic carbocycles. The van der Waals surface area contributed by atoms with Crippen LogP contribution in [-0.4, -0.2) is 16.1 Å². The van der Waals surface area contributed by atoms with E-state index in [-0.39, 0.29) is 5.69 Å². The summed E-state index contributed by atoms with van der Waals surface area (Å²) in [6, 6.07) is 0. The van der Waals surface area contributed by atoms with Crippen LogP contribution in [0.3, 0.4) is 0 Å². The quantitative estimate of drug-likeness (QED) is 0.892. The smallest absolute Gasteiger partial charge is 0.355 e. The van der Waals surface area contributed by atoms with Crippen molar-refractivity contribution in [1.29, 1.82) is 0 Å².